The fourth-order valence-corrected chi connectivity index (χ4v) is 1.77. The highest BCUT2D eigenvalue weighted by Crippen LogP contribution is 2.31. The number of rotatable bonds is 1. The molecule has 1 aromatic rings. The first-order chi connectivity index (χ1) is 5.77. The summed E-state index contributed by atoms with van der Waals surface area (Å²) in [4.78, 5) is 4.19. The van der Waals surface area contributed by atoms with Gasteiger partial charge in [-0.25, -0.2) is 0 Å². The number of hydrogen-bond acceptors (Lipinski definition) is 4. The van der Waals surface area contributed by atoms with Crippen molar-refractivity contribution in [3.05, 3.63) is 11.7 Å². The topological polar surface area (TPSA) is 64.9 Å². The highest BCUT2D eigenvalue weighted by atomic mass is 16.5. The van der Waals surface area contributed by atoms with Gasteiger partial charge in [-0.15, -0.1) is 0 Å². The molecule has 2 atom stereocenters. The van der Waals surface area contributed by atoms with Gasteiger partial charge in [-0.3, -0.25) is 0 Å². The van der Waals surface area contributed by atoms with E-state index in [0.717, 1.165) is 18.7 Å². The lowest BCUT2D eigenvalue weighted by Crippen LogP contribution is -2.23. The zero-order valence-electron chi connectivity index (χ0n) is 7.16. The predicted molar refractivity (Wildman–Crippen MR) is 43.6 cm³/mol. The molecule has 2 rings (SSSR count). The minimum atomic E-state index is 0.224. The molecule has 1 fully saturated rings. The Bertz CT molecular complexity index is 271. The van der Waals surface area contributed by atoms with Gasteiger partial charge in [-0.2, -0.15) is 4.98 Å². The second-order valence-electron chi connectivity index (χ2n) is 3.37. The summed E-state index contributed by atoms with van der Waals surface area (Å²) >= 11 is 0. The Morgan fingerprint density at radius 1 is 1.50 bits per heavy atom. The SMILES string of the molecule is Cc1nc(C2CCCC2N)no1. The van der Waals surface area contributed by atoms with E-state index in [1.165, 1.54) is 6.42 Å². The summed E-state index contributed by atoms with van der Waals surface area (Å²) in [6.45, 7) is 1.80. The van der Waals surface area contributed by atoms with Crippen molar-refractivity contribution in [2.45, 2.75) is 38.1 Å². The van der Waals surface area contributed by atoms with Crippen LogP contribution in [0, 0.1) is 6.92 Å². The van der Waals surface area contributed by atoms with E-state index in [9.17, 15) is 0 Å². The van der Waals surface area contributed by atoms with Crippen LogP contribution in [0.4, 0.5) is 0 Å². The van der Waals surface area contributed by atoms with E-state index in [4.69, 9.17) is 10.3 Å². The van der Waals surface area contributed by atoms with E-state index in [1.807, 2.05) is 0 Å². The van der Waals surface area contributed by atoms with E-state index in [-0.39, 0.29) is 6.04 Å². The average Bonchev–Trinajstić information content (AvgIpc) is 2.58. The lowest BCUT2D eigenvalue weighted by atomic mass is 10.0. The molecule has 12 heavy (non-hydrogen) atoms. The van der Waals surface area contributed by atoms with Gasteiger partial charge < -0.3 is 10.3 Å². The minimum absolute atomic E-state index is 0.224. The van der Waals surface area contributed by atoms with Crippen molar-refractivity contribution in [3.63, 3.8) is 0 Å². The molecule has 1 saturated carbocycles. The molecule has 2 unspecified atom stereocenters. The van der Waals surface area contributed by atoms with Gasteiger partial charge in [0.2, 0.25) is 5.89 Å². The number of hydrogen-bond donors (Lipinski definition) is 1. The quantitative estimate of drug-likeness (QED) is 0.677. The molecule has 1 aliphatic carbocycles. The lowest BCUT2D eigenvalue weighted by molar-refractivity contribution is 0.381. The maximum Gasteiger partial charge on any atom is 0.223 e. The van der Waals surface area contributed by atoms with Crippen LogP contribution in [0.3, 0.4) is 0 Å². The van der Waals surface area contributed by atoms with Crippen molar-refractivity contribution in [2.24, 2.45) is 5.73 Å². The van der Waals surface area contributed by atoms with E-state index in [1.54, 1.807) is 6.92 Å². The van der Waals surface area contributed by atoms with Crippen molar-refractivity contribution in [3.8, 4) is 0 Å². The summed E-state index contributed by atoms with van der Waals surface area (Å²) in [5, 5.41) is 3.88. The van der Waals surface area contributed by atoms with Gasteiger partial charge >= 0.3 is 0 Å². The van der Waals surface area contributed by atoms with Gasteiger partial charge in [0.05, 0.1) is 0 Å². The summed E-state index contributed by atoms with van der Waals surface area (Å²) in [5.41, 5.74) is 5.90. The largest absolute Gasteiger partial charge is 0.340 e. The normalized spacial score (nSPS) is 29.5. The van der Waals surface area contributed by atoms with E-state index in [2.05, 4.69) is 10.1 Å². The van der Waals surface area contributed by atoms with Gasteiger partial charge in [-0.1, -0.05) is 11.6 Å². The average molecular weight is 167 g/mol. The van der Waals surface area contributed by atoms with Crippen LogP contribution in [0.15, 0.2) is 4.52 Å². The second-order valence-corrected chi connectivity index (χ2v) is 3.37. The Kier molecular flexibility index (Phi) is 1.84. The van der Waals surface area contributed by atoms with Gasteiger partial charge in [0.25, 0.3) is 0 Å². The highest BCUT2D eigenvalue weighted by molar-refractivity contribution is 5.02. The second kappa shape index (κ2) is 2.86. The summed E-state index contributed by atoms with van der Waals surface area (Å²) in [5.74, 6) is 1.74. The van der Waals surface area contributed by atoms with E-state index < -0.39 is 0 Å². The zero-order valence-corrected chi connectivity index (χ0v) is 7.16. The molecule has 66 valence electrons. The van der Waals surface area contributed by atoms with Gasteiger partial charge in [0, 0.05) is 18.9 Å². The molecule has 1 heterocycles. The number of aromatic nitrogens is 2. The molecule has 0 spiro atoms. The molecule has 0 radical (unpaired) electrons. The molecule has 2 N–H and O–H groups in total. The van der Waals surface area contributed by atoms with Crippen LogP contribution < -0.4 is 5.73 Å². The molecule has 0 bridgehead atoms. The summed E-state index contributed by atoms with van der Waals surface area (Å²) in [6, 6.07) is 0.224. The first-order valence-electron chi connectivity index (χ1n) is 4.33. The van der Waals surface area contributed by atoms with Crippen LogP contribution in [0.25, 0.3) is 0 Å². The van der Waals surface area contributed by atoms with Crippen LogP contribution in [-0.2, 0) is 0 Å². The summed E-state index contributed by atoms with van der Waals surface area (Å²) < 4.78 is 4.91. The fourth-order valence-electron chi connectivity index (χ4n) is 1.77. The molecular weight excluding hydrogens is 154 g/mol. The molecule has 1 aromatic heterocycles. The molecule has 1 aliphatic rings. The number of nitrogens with zero attached hydrogens (tertiary/aromatic N) is 2. The van der Waals surface area contributed by atoms with Crippen LogP contribution in [0.5, 0.6) is 0 Å². The Labute approximate surface area is 71.1 Å². The Balaban J connectivity index is 2.19. The van der Waals surface area contributed by atoms with Gasteiger partial charge in [0.1, 0.15) is 0 Å². The Morgan fingerprint density at radius 2 is 2.33 bits per heavy atom. The fraction of sp³-hybridized carbons (Fsp3) is 0.750. The maximum atomic E-state index is 5.90. The van der Waals surface area contributed by atoms with Crippen LogP contribution >= 0.6 is 0 Å². The van der Waals surface area contributed by atoms with Crippen molar-refractivity contribution in [2.75, 3.05) is 0 Å². The molecule has 0 aliphatic heterocycles. The molecule has 0 aromatic carbocycles. The zero-order chi connectivity index (χ0) is 8.55. The third-order valence-electron chi connectivity index (χ3n) is 2.44. The lowest BCUT2D eigenvalue weighted by Gasteiger charge is -2.09. The van der Waals surface area contributed by atoms with E-state index in [0.29, 0.717) is 11.8 Å². The van der Waals surface area contributed by atoms with Gasteiger partial charge in [0.15, 0.2) is 5.82 Å². The van der Waals surface area contributed by atoms with Crippen molar-refractivity contribution >= 4 is 0 Å². The van der Waals surface area contributed by atoms with Crippen LogP contribution in [0.2, 0.25) is 0 Å². The third-order valence-corrected chi connectivity index (χ3v) is 2.44. The molecule has 4 nitrogen and oxygen atoms in total. The molecule has 4 heteroatoms. The van der Waals surface area contributed by atoms with E-state index >= 15 is 0 Å². The standard InChI is InChI=1S/C8H13N3O/c1-5-10-8(11-12-5)6-3-2-4-7(6)9/h6-7H,2-4,9H2,1H3. The predicted octanol–water partition coefficient (Wildman–Crippen LogP) is 0.973. The minimum Gasteiger partial charge on any atom is -0.340 e. The van der Waals surface area contributed by atoms with Gasteiger partial charge in [-0.05, 0) is 12.8 Å². The number of nitrogens with two attached hydrogens (primary N) is 1. The monoisotopic (exact) mass is 167 g/mol. The Morgan fingerprint density at radius 3 is 2.83 bits per heavy atom. The van der Waals surface area contributed by atoms with Crippen LogP contribution in [-0.4, -0.2) is 16.2 Å². The van der Waals surface area contributed by atoms with Crippen LogP contribution in [0.1, 0.15) is 36.9 Å². The van der Waals surface area contributed by atoms with Crippen molar-refractivity contribution in [1.82, 2.24) is 10.1 Å². The van der Waals surface area contributed by atoms with Crippen molar-refractivity contribution < 1.29 is 4.52 Å². The molecule has 0 saturated heterocycles. The first-order valence-corrected chi connectivity index (χ1v) is 4.33. The maximum absolute atomic E-state index is 5.90. The summed E-state index contributed by atoms with van der Waals surface area (Å²) in [7, 11) is 0. The third kappa shape index (κ3) is 1.22. The Hall–Kier alpha value is -0.900. The highest BCUT2D eigenvalue weighted by Gasteiger charge is 2.28. The first kappa shape index (κ1) is 7.73. The number of aryl methyl sites for hydroxylation is 1. The van der Waals surface area contributed by atoms with Crippen molar-refractivity contribution in [1.29, 1.82) is 0 Å². The summed E-state index contributed by atoms with van der Waals surface area (Å²) in [6.07, 6.45) is 3.36. The smallest absolute Gasteiger partial charge is 0.223 e. The molecule has 0 amide bonds. The molecular formula is C8H13N3O.